The summed E-state index contributed by atoms with van der Waals surface area (Å²) >= 11 is 0. The van der Waals surface area contributed by atoms with E-state index in [1.54, 1.807) is 7.11 Å². The van der Waals surface area contributed by atoms with Crippen LogP contribution in [0, 0.1) is 0 Å². The van der Waals surface area contributed by atoms with E-state index < -0.39 is 0 Å². The molecule has 0 saturated carbocycles. The van der Waals surface area contributed by atoms with Gasteiger partial charge in [-0.3, -0.25) is 4.79 Å². The van der Waals surface area contributed by atoms with Crippen LogP contribution >= 0.6 is 0 Å². The SMILES string of the molecule is CCc1ccc(OC)c(OC)c1C=O. The zero-order chi connectivity index (χ0) is 10.6. The summed E-state index contributed by atoms with van der Waals surface area (Å²) in [5, 5.41) is 0. The van der Waals surface area contributed by atoms with Crippen molar-refractivity contribution in [1.29, 1.82) is 0 Å². The minimum atomic E-state index is 0.516. The Labute approximate surface area is 83.6 Å². The lowest BCUT2D eigenvalue weighted by Crippen LogP contribution is -1.99. The summed E-state index contributed by atoms with van der Waals surface area (Å²) in [6, 6.07) is 3.69. The number of benzene rings is 1. The van der Waals surface area contributed by atoms with Crippen molar-refractivity contribution in [3.8, 4) is 11.5 Å². The Kier molecular flexibility index (Phi) is 3.51. The van der Waals surface area contributed by atoms with Gasteiger partial charge in [0.1, 0.15) is 0 Å². The molecule has 0 aliphatic heterocycles. The first-order valence-corrected chi connectivity index (χ1v) is 4.47. The summed E-state index contributed by atoms with van der Waals surface area (Å²) in [7, 11) is 3.09. The van der Waals surface area contributed by atoms with Crippen LogP contribution in [0.15, 0.2) is 12.1 Å². The Balaban J connectivity index is 3.35. The summed E-state index contributed by atoms with van der Waals surface area (Å²) in [4.78, 5) is 10.9. The molecule has 0 amide bonds. The average Bonchev–Trinajstić information content (AvgIpc) is 2.26. The highest BCUT2D eigenvalue weighted by atomic mass is 16.5. The minimum Gasteiger partial charge on any atom is -0.493 e. The first kappa shape index (κ1) is 10.6. The Morgan fingerprint density at radius 1 is 1.29 bits per heavy atom. The third-order valence-electron chi connectivity index (χ3n) is 2.17. The first-order valence-electron chi connectivity index (χ1n) is 4.47. The van der Waals surface area contributed by atoms with Crippen LogP contribution in [0.3, 0.4) is 0 Å². The van der Waals surface area contributed by atoms with Gasteiger partial charge in [0.2, 0.25) is 0 Å². The maximum Gasteiger partial charge on any atom is 0.171 e. The molecule has 0 bridgehead atoms. The van der Waals surface area contributed by atoms with E-state index in [4.69, 9.17) is 9.47 Å². The molecule has 0 spiro atoms. The fourth-order valence-electron chi connectivity index (χ4n) is 1.43. The molecule has 0 aliphatic carbocycles. The van der Waals surface area contributed by atoms with Crippen LogP contribution in [0.1, 0.15) is 22.8 Å². The molecular formula is C11H14O3. The van der Waals surface area contributed by atoms with Gasteiger partial charge in [0.05, 0.1) is 19.8 Å². The van der Waals surface area contributed by atoms with Crippen molar-refractivity contribution in [3.63, 3.8) is 0 Å². The van der Waals surface area contributed by atoms with Crippen molar-refractivity contribution < 1.29 is 14.3 Å². The number of carbonyl (C=O) groups is 1. The molecule has 0 radical (unpaired) electrons. The third kappa shape index (κ3) is 1.71. The third-order valence-corrected chi connectivity index (χ3v) is 2.17. The molecule has 0 aliphatic rings. The highest BCUT2D eigenvalue weighted by Crippen LogP contribution is 2.32. The summed E-state index contributed by atoms with van der Waals surface area (Å²) in [6.07, 6.45) is 1.61. The molecule has 3 heteroatoms. The van der Waals surface area contributed by atoms with Gasteiger partial charge >= 0.3 is 0 Å². The largest absolute Gasteiger partial charge is 0.493 e. The topological polar surface area (TPSA) is 35.5 Å². The van der Waals surface area contributed by atoms with Crippen molar-refractivity contribution in [3.05, 3.63) is 23.3 Å². The second kappa shape index (κ2) is 4.65. The van der Waals surface area contributed by atoms with E-state index in [9.17, 15) is 4.79 Å². The molecule has 0 fully saturated rings. The van der Waals surface area contributed by atoms with Crippen molar-refractivity contribution in [2.45, 2.75) is 13.3 Å². The second-order valence-corrected chi connectivity index (χ2v) is 2.85. The smallest absolute Gasteiger partial charge is 0.171 e. The molecule has 14 heavy (non-hydrogen) atoms. The van der Waals surface area contributed by atoms with E-state index in [1.807, 2.05) is 19.1 Å². The Morgan fingerprint density at radius 3 is 2.43 bits per heavy atom. The summed E-state index contributed by atoms with van der Waals surface area (Å²) < 4.78 is 10.2. The standard InChI is InChI=1S/C11H14O3/c1-4-8-5-6-10(13-2)11(14-3)9(8)7-12/h5-7H,4H2,1-3H3. The van der Waals surface area contributed by atoms with Crippen molar-refractivity contribution in [2.75, 3.05) is 14.2 Å². The predicted molar refractivity (Wildman–Crippen MR) is 54.3 cm³/mol. The lowest BCUT2D eigenvalue weighted by Gasteiger charge is -2.12. The lowest BCUT2D eigenvalue weighted by molar-refractivity contribution is 0.111. The number of aryl methyl sites for hydroxylation is 1. The molecule has 0 unspecified atom stereocenters. The van der Waals surface area contributed by atoms with Gasteiger partial charge in [0.25, 0.3) is 0 Å². The van der Waals surface area contributed by atoms with E-state index in [2.05, 4.69) is 0 Å². The number of aldehydes is 1. The van der Waals surface area contributed by atoms with E-state index >= 15 is 0 Å². The fraction of sp³-hybridized carbons (Fsp3) is 0.364. The summed E-state index contributed by atoms with van der Waals surface area (Å²) in [5.74, 6) is 1.11. The number of rotatable bonds is 4. The zero-order valence-corrected chi connectivity index (χ0v) is 8.66. The van der Waals surface area contributed by atoms with Crippen LogP contribution in [0.25, 0.3) is 0 Å². The fourth-order valence-corrected chi connectivity index (χ4v) is 1.43. The van der Waals surface area contributed by atoms with Crippen LogP contribution in [0.4, 0.5) is 0 Å². The van der Waals surface area contributed by atoms with E-state index in [0.29, 0.717) is 17.1 Å². The van der Waals surface area contributed by atoms with Crippen LogP contribution in [0.5, 0.6) is 11.5 Å². The van der Waals surface area contributed by atoms with E-state index in [-0.39, 0.29) is 0 Å². The molecule has 0 saturated heterocycles. The van der Waals surface area contributed by atoms with Crippen molar-refractivity contribution in [2.24, 2.45) is 0 Å². The summed E-state index contributed by atoms with van der Waals surface area (Å²) in [6.45, 7) is 1.99. The van der Waals surface area contributed by atoms with Gasteiger partial charge in [0.15, 0.2) is 17.8 Å². The van der Waals surface area contributed by atoms with Gasteiger partial charge in [-0.25, -0.2) is 0 Å². The molecule has 1 aromatic carbocycles. The van der Waals surface area contributed by atoms with Crippen molar-refractivity contribution >= 4 is 6.29 Å². The van der Waals surface area contributed by atoms with Gasteiger partial charge in [-0.2, -0.15) is 0 Å². The number of hydrogen-bond acceptors (Lipinski definition) is 3. The van der Waals surface area contributed by atoms with E-state index in [0.717, 1.165) is 18.3 Å². The van der Waals surface area contributed by atoms with E-state index in [1.165, 1.54) is 7.11 Å². The van der Waals surface area contributed by atoms with Gasteiger partial charge in [-0.05, 0) is 18.1 Å². The number of methoxy groups -OCH3 is 2. The maximum atomic E-state index is 10.9. The molecule has 0 heterocycles. The van der Waals surface area contributed by atoms with Crippen LogP contribution in [-0.2, 0) is 6.42 Å². The maximum absolute atomic E-state index is 10.9. The molecule has 3 nitrogen and oxygen atoms in total. The number of hydrogen-bond donors (Lipinski definition) is 0. The highest BCUT2D eigenvalue weighted by Gasteiger charge is 2.12. The lowest BCUT2D eigenvalue weighted by atomic mass is 10.0. The van der Waals surface area contributed by atoms with Gasteiger partial charge in [-0.1, -0.05) is 13.0 Å². The molecule has 0 N–H and O–H groups in total. The van der Waals surface area contributed by atoms with Gasteiger partial charge in [0, 0.05) is 0 Å². The second-order valence-electron chi connectivity index (χ2n) is 2.85. The Hall–Kier alpha value is -1.51. The molecule has 1 rings (SSSR count). The van der Waals surface area contributed by atoms with Gasteiger partial charge < -0.3 is 9.47 Å². The predicted octanol–water partition coefficient (Wildman–Crippen LogP) is 2.08. The number of carbonyl (C=O) groups excluding carboxylic acids is 1. The first-order chi connectivity index (χ1) is 6.78. The molecule has 0 atom stereocenters. The van der Waals surface area contributed by atoms with Crippen LogP contribution < -0.4 is 9.47 Å². The summed E-state index contributed by atoms with van der Waals surface area (Å²) in [5.41, 5.74) is 1.55. The van der Waals surface area contributed by atoms with Crippen molar-refractivity contribution in [1.82, 2.24) is 0 Å². The van der Waals surface area contributed by atoms with Crippen LogP contribution in [0.2, 0.25) is 0 Å². The normalized spacial score (nSPS) is 9.64. The Bertz CT molecular complexity index is 332. The minimum absolute atomic E-state index is 0.516. The Morgan fingerprint density at radius 2 is 2.00 bits per heavy atom. The average molecular weight is 194 g/mol. The quantitative estimate of drug-likeness (QED) is 0.688. The monoisotopic (exact) mass is 194 g/mol. The number of ether oxygens (including phenoxy) is 2. The van der Waals surface area contributed by atoms with Crippen LogP contribution in [-0.4, -0.2) is 20.5 Å². The highest BCUT2D eigenvalue weighted by molar-refractivity contribution is 5.83. The molecular weight excluding hydrogens is 180 g/mol. The molecule has 76 valence electrons. The van der Waals surface area contributed by atoms with Gasteiger partial charge in [-0.15, -0.1) is 0 Å². The molecule has 1 aromatic rings. The molecule has 0 aromatic heterocycles. The zero-order valence-electron chi connectivity index (χ0n) is 8.66.